The molecule has 0 radical (unpaired) electrons. The molecule has 2 nitrogen and oxygen atoms in total. The Balaban J connectivity index is 2.31. The Morgan fingerprint density at radius 2 is 1.95 bits per heavy atom. The average Bonchev–Trinajstić information content (AvgIpc) is 2.34. The number of nitrogens with one attached hydrogen (secondary N) is 1. The standard InChI is InChI=1S/C13H10BrF3N2/c1-8-5-6-18-12(11(8)14)19-10-4-2-3-9(7-10)13(15,16)17/h2-7H,1H3,(H,18,19). The van der Waals surface area contributed by atoms with Crippen LogP contribution in [0.5, 0.6) is 0 Å². The summed E-state index contributed by atoms with van der Waals surface area (Å²) in [6, 6.07) is 6.81. The first-order valence-corrected chi connectivity index (χ1v) is 6.22. The molecule has 19 heavy (non-hydrogen) atoms. The van der Waals surface area contributed by atoms with Crippen molar-refractivity contribution in [2.75, 3.05) is 5.32 Å². The number of aromatic nitrogens is 1. The summed E-state index contributed by atoms with van der Waals surface area (Å²) in [7, 11) is 0. The van der Waals surface area contributed by atoms with Crippen molar-refractivity contribution >= 4 is 27.4 Å². The van der Waals surface area contributed by atoms with Crippen LogP contribution in [0.1, 0.15) is 11.1 Å². The van der Waals surface area contributed by atoms with Gasteiger partial charge in [0.15, 0.2) is 0 Å². The molecule has 0 unspecified atom stereocenters. The van der Waals surface area contributed by atoms with Crippen molar-refractivity contribution in [3.8, 4) is 0 Å². The number of rotatable bonds is 2. The fourth-order valence-electron chi connectivity index (χ4n) is 1.54. The fourth-order valence-corrected chi connectivity index (χ4v) is 1.87. The molecular formula is C13H10BrF3N2. The Labute approximate surface area is 116 Å². The van der Waals surface area contributed by atoms with Crippen molar-refractivity contribution in [2.45, 2.75) is 13.1 Å². The van der Waals surface area contributed by atoms with E-state index in [1.54, 1.807) is 18.3 Å². The van der Waals surface area contributed by atoms with Crippen molar-refractivity contribution in [1.29, 1.82) is 0 Å². The molecule has 0 bridgehead atoms. The molecule has 0 atom stereocenters. The van der Waals surface area contributed by atoms with E-state index in [0.29, 0.717) is 11.5 Å². The Morgan fingerprint density at radius 1 is 1.21 bits per heavy atom. The molecule has 0 fully saturated rings. The van der Waals surface area contributed by atoms with Gasteiger partial charge in [0, 0.05) is 11.9 Å². The van der Waals surface area contributed by atoms with Gasteiger partial charge in [0.05, 0.1) is 10.0 Å². The molecule has 0 aliphatic heterocycles. The van der Waals surface area contributed by atoms with Gasteiger partial charge in [-0.05, 0) is 52.7 Å². The lowest BCUT2D eigenvalue weighted by molar-refractivity contribution is -0.137. The van der Waals surface area contributed by atoms with E-state index in [-0.39, 0.29) is 0 Å². The normalized spacial score (nSPS) is 11.4. The molecule has 0 spiro atoms. The van der Waals surface area contributed by atoms with Gasteiger partial charge in [-0.1, -0.05) is 6.07 Å². The average molecular weight is 331 g/mol. The van der Waals surface area contributed by atoms with E-state index in [9.17, 15) is 13.2 Å². The van der Waals surface area contributed by atoms with Gasteiger partial charge >= 0.3 is 6.18 Å². The lowest BCUT2D eigenvalue weighted by Gasteiger charge is -2.11. The van der Waals surface area contributed by atoms with Crippen molar-refractivity contribution in [2.24, 2.45) is 0 Å². The zero-order chi connectivity index (χ0) is 14.0. The Hall–Kier alpha value is -1.56. The minimum atomic E-state index is -4.35. The summed E-state index contributed by atoms with van der Waals surface area (Å²) in [4.78, 5) is 4.09. The predicted octanol–water partition coefficient (Wildman–Crippen LogP) is 4.91. The van der Waals surface area contributed by atoms with E-state index in [1.807, 2.05) is 6.92 Å². The Morgan fingerprint density at radius 3 is 2.63 bits per heavy atom. The minimum Gasteiger partial charge on any atom is -0.339 e. The molecule has 0 amide bonds. The zero-order valence-corrected chi connectivity index (χ0v) is 11.5. The molecule has 0 aliphatic rings. The minimum absolute atomic E-state index is 0.341. The molecule has 2 aromatic rings. The lowest BCUT2D eigenvalue weighted by Crippen LogP contribution is -2.05. The summed E-state index contributed by atoms with van der Waals surface area (Å²) in [5, 5.41) is 2.87. The topological polar surface area (TPSA) is 24.9 Å². The van der Waals surface area contributed by atoms with E-state index >= 15 is 0 Å². The van der Waals surface area contributed by atoms with E-state index < -0.39 is 11.7 Å². The van der Waals surface area contributed by atoms with Crippen LogP contribution in [0.4, 0.5) is 24.7 Å². The first kappa shape index (κ1) is 13.9. The van der Waals surface area contributed by atoms with Crippen molar-refractivity contribution in [1.82, 2.24) is 4.98 Å². The van der Waals surface area contributed by atoms with Gasteiger partial charge in [-0.15, -0.1) is 0 Å². The van der Waals surface area contributed by atoms with Crippen molar-refractivity contribution in [3.05, 3.63) is 52.1 Å². The van der Waals surface area contributed by atoms with Crippen molar-refractivity contribution in [3.63, 3.8) is 0 Å². The number of anilines is 2. The van der Waals surface area contributed by atoms with Gasteiger partial charge in [0.1, 0.15) is 5.82 Å². The second kappa shape index (κ2) is 5.21. The maximum atomic E-state index is 12.6. The number of pyridine rings is 1. The SMILES string of the molecule is Cc1ccnc(Nc2cccc(C(F)(F)F)c2)c1Br. The first-order chi connectivity index (χ1) is 8.88. The quantitative estimate of drug-likeness (QED) is 0.845. The highest BCUT2D eigenvalue weighted by atomic mass is 79.9. The summed E-state index contributed by atoms with van der Waals surface area (Å²) in [5.74, 6) is 0.485. The van der Waals surface area contributed by atoms with Crippen LogP contribution in [0.25, 0.3) is 0 Å². The Kier molecular flexibility index (Phi) is 3.80. The number of halogens is 4. The summed E-state index contributed by atoms with van der Waals surface area (Å²) < 4.78 is 38.5. The number of hydrogen-bond acceptors (Lipinski definition) is 2. The largest absolute Gasteiger partial charge is 0.416 e. The Bertz CT molecular complexity index is 597. The van der Waals surface area contributed by atoms with Crippen LogP contribution < -0.4 is 5.32 Å². The summed E-state index contributed by atoms with van der Waals surface area (Å²) in [6.45, 7) is 1.88. The summed E-state index contributed by atoms with van der Waals surface area (Å²) in [6.07, 6.45) is -2.76. The number of nitrogens with zero attached hydrogens (tertiary/aromatic N) is 1. The highest BCUT2D eigenvalue weighted by Gasteiger charge is 2.30. The molecule has 6 heteroatoms. The number of hydrogen-bond donors (Lipinski definition) is 1. The zero-order valence-electron chi connectivity index (χ0n) is 9.92. The lowest BCUT2D eigenvalue weighted by atomic mass is 10.2. The maximum Gasteiger partial charge on any atom is 0.416 e. The van der Waals surface area contributed by atoms with E-state index in [1.165, 1.54) is 6.07 Å². The third kappa shape index (κ3) is 3.26. The summed E-state index contributed by atoms with van der Waals surface area (Å²) in [5.41, 5.74) is 0.597. The molecule has 0 saturated heterocycles. The second-order valence-corrected chi connectivity index (χ2v) is 4.79. The predicted molar refractivity (Wildman–Crippen MR) is 71.4 cm³/mol. The fraction of sp³-hybridized carbons (Fsp3) is 0.154. The van der Waals surface area contributed by atoms with Crippen LogP contribution in [0.3, 0.4) is 0 Å². The van der Waals surface area contributed by atoms with Gasteiger partial charge in [-0.3, -0.25) is 0 Å². The van der Waals surface area contributed by atoms with Gasteiger partial charge in [0.2, 0.25) is 0 Å². The third-order valence-electron chi connectivity index (χ3n) is 2.53. The number of benzene rings is 1. The van der Waals surface area contributed by atoms with E-state index in [4.69, 9.17) is 0 Å². The van der Waals surface area contributed by atoms with Crippen molar-refractivity contribution < 1.29 is 13.2 Å². The monoisotopic (exact) mass is 330 g/mol. The van der Waals surface area contributed by atoms with Gasteiger partial charge in [0.25, 0.3) is 0 Å². The molecule has 2 rings (SSSR count). The van der Waals surface area contributed by atoms with Crippen LogP contribution >= 0.6 is 15.9 Å². The van der Waals surface area contributed by atoms with Crippen LogP contribution in [0.15, 0.2) is 41.0 Å². The van der Waals surface area contributed by atoms with Gasteiger partial charge < -0.3 is 5.32 Å². The molecular weight excluding hydrogens is 321 g/mol. The molecule has 100 valence electrons. The van der Waals surface area contributed by atoms with Crippen LogP contribution in [0, 0.1) is 6.92 Å². The first-order valence-electron chi connectivity index (χ1n) is 5.43. The van der Waals surface area contributed by atoms with Crippen LogP contribution in [0.2, 0.25) is 0 Å². The van der Waals surface area contributed by atoms with Crippen LogP contribution in [-0.4, -0.2) is 4.98 Å². The van der Waals surface area contributed by atoms with Gasteiger partial charge in [-0.25, -0.2) is 4.98 Å². The molecule has 1 heterocycles. The third-order valence-corrected chi connectivity index (χ3v) is 3.54. The number of aryl methyl sites for hydroxylation is 1. The van der Waals surface area contributed by atoms with E-state index in [0.717, 1.165) is 22.2 Å². The van der Waals surface area contributed by atoms with E-state index in [2.05, 4.69) is 26.2 Å². The molecule has 1 aromatic heterocycles. The van der Waals surface area contributed by atoms with Crippen LogP contribution in [-0.2, 0) is 6.18 Å². The highest BCUT2D eigenvalue weighted by Crippen LogP contribution is 2.32. The maximum absolute atomic E-state index is 12.6. The smallest absolute Gasteiger partial charge is 0.339 e. The second-order valence-electron chi connectivity index (χ2n) is 3.99. The van der Waals surface area contributed by atoms with Gasteiger partial charge in [-0.2, -0.15) is 13.2 Å². The highest BCUT2D eigenvalue weighted by molar-refractivity contribution is 9.10. The molecule has 1 aromatic carbocycles. The summed E-state index contributed by atoms with van der Waals surface area (Å²) >= 11 is 3.35. The molecule has 0 aliphatic carbocycles. The number of alkyl halides is 3. The molecule has 1 N–H and O–H groups in total. The molecule has 0 saturated carbocycles.